The van der Waals surface area contributed by atoms with E-state index in [9.17, 15) is 4.79 Å². The molecule has 1 aliphatic rings. The first-order chi connectivity index (χ1) is 14.0. The van der Waals surface area contributed by atoms with Crippen LogP contribution in [0.5, 0.6) is 5.75 Å². The third kappa shape index (κ3) is 3.24. The Morgan fingerprint density at radius 2 is 1.90 bits per heavy atom. The first kappa shape index (κ1) is 18.7. The van der Waals surface area contributed by atoms with Crippen LogP contribution in [0, 0.1) is 6.92 Å². The van der Waals surface area contributed by atoms with Crippen molar-refractivity contribution < 1.29 is 9.53 Å². The number of ether oxygens (including phenoxy) is 1. The van der Waals surface area contributed by atoms with Crippen molar-refractivity contribution in [3.63, 3.8) is 0 Å². The van der Waals surface area contributed by atoms with Gasteiger partial charge >= 0.3 is 0 Å². The molecular weight excluding hydrogens is 366 g/mol. The molecule has 0 saturated carbocycles. The topological polar surface area (TPSA) is 95.1 Å². The SMILES string of the molecule is CCOc1ccccc1C1C(C(N)=O)=C(C)Nc2nc(-c3ccccc3C)nn21. The van der Waals surface area contributed by atoms with Crippen LogP contribution in [0.2, 0.25) is 0 Å². The van der Waals surface area contributed by atoms with Crippen molar-refractivity contribution in [1.82, 2.24) is 14.8 Å². The molecular formula is C22H23N5O2. The minimum absolute atomic E-state index is 0.436. The number of nitrogens with two attached hydrogens (primary N) is 1. The molecule has 3 aromatic rings. The molecule has 2 aromatic carbocycles. The van der Waals surface area contributed by atoms with E-state index < -0.39 is 11.9 Å². The number of aryl methyl sites for hydroxylation is 1. The number of rotatable bonds is 5. The average Bonchev–Trinajstić information content (AvgIpc) is 3.11. The molecule has 0 aliphatic carbocycles. The van der Waals surface area contributed by atoms with E-state index in [1.807, 2.05) is 69.3 Å². The fraction of sp³-hybridized carbons (Fsp3) is 0.227. The highest BCUT2D eigenvalue weighted by molar-refractivity contribution is 5.95. The molecule has 1 aliphatic heterocycles. The monoisotopic (exact) mass is 389 g/mol. The number of nitrogens with one attached hydrogen (secondary N) is 1. The Balaban J connectivity index is 1.92. The molecule has 0 saturated heterocycles. The molecule has 0 spiro atoms. The fourth-order valence-corrected chi connectivity index (χ4v) is 3.69. The van der Waals surface area contributed by atoms with E-state index in [1.54, 1.807) is 4.68 Å². The van der Waals surface area contributed by atoms with Gasteiger partial charge in [-0.15, -0.1) is 5.10 Å². The zero-order valence-electron chi connectivity index (χ0n) is 16.6. The summed E-state index contributed by atoms with van der Waals surface area (Å²) in [5.74, 6) is 1.32. The number of benzene rings is 2. The van der Waals surface area contributed by atoms with Gasteiger partial charge < -0.3 is 15.8 Å². The minimum Gasteiger partial charge on any atom is -0.494 e. The van der Waals surface area contributed by atoms with Crippen LogP contribution in [0.25, 0.3) is 11.4 Å². The quantitative estimate of drug-likeness (QED) is 0.697. The lowest BCUT2D eigenvalue weighted by Gasteiger charge is -2.28. The highest BCUT2D eigenvalue weighted by Gasteiger charge is 2.35. The second kappa shape index (κ2) is 7.43. The predicted octanol–water partition coefficient (Wildman–Crippen LogP) is 3.43. The Morgan fingerprint density at radius 1 is 1.17 bits per heavy atom. The maximum Gasteiger partial charge on any atom is 0.248 e. The molecule has 1 unspecified atom stereocenters. The van der Waals surface area contributed by atoms with Gasteiger partial charge in [0.1, 0.15) is 11.8 Å². The molecule has 0 fully saturated rings. The Morgan fingerprint density at radius 3 is 2.62 bits per heavy atom. The van der Waals surface area contributed by atoms with Crippen molar-refractivity contribution >= 4 is 11.9 Å². The number of hydrogen-bond donors (Lipinski definition) is 2. The summed E-state index contributed by atoms with van der Waals surface area (Å²) in [5, 5.41) is 7.93. The molecule has 3 N–H and O–H groups in total. The summed E-state index contributed by atoms with van der Waals surface area (Å²) >= 11 is 0. The molecule has 148 valence electrons. The van der Waals surface area contributed by atoms with Crippen molar-refractivity contribution in [1.29, 1.82) is 0 Å². The Kier molecular flexibility index (Phi) is 4.80. The summed E-state index contributed by atoms with van der Waals surface area (Å²) in [5.41, 5.74) is 9.68. The van der Waals surface area contributed by atoms with Crippen LogP contribution in [-0.4, -0.2) is 27.3 Å². The van der Waals surface area contributed by atoms with E-state index in [0.29, 0.717) is 35.4 Å². The van der Waals surface area contributed by atoms with Gasteiger partial charge in [0.2, 0.25) is 11.9 Å². The van der Waals surface area contributed by atoms with Crippen LogP contribution in [0.15, 0.2) is 59.8 Å². The third-order valence-corrected chi connectivity index (χ3v) is 5.02. The van der Waals surface area contributed by atoms with Crippen LogP contribution < -0.4 is 15.8 Å². The summed E-state index contributed by atoms with van der Waals surface area (Å²) < 4.78 is 7.54. The lowest BCUT2D eigenvalue weighted by molar-refractivity contribution is -0.115. The largest absolute Gasteiger partial charge is 0.494 e. The number of carbonyl (C=O) groups is 1. The lowest BCUT2D eigenvalue weighted by atomic mass is 9.94. The predicted molar refractivity (Wildman–Crippen MR) is 111 cm³/mol. The van der Waals surface area contributed by atoms with Crippen LogP contribution in [0.4, 0.5) is 5.95 Å². The summed E-state index contributed by atoms with van der Waals surface area (Å²) in [4.78, 5) is 17.1. The maximum atomic E-state index is 12.4. The van der Waals surface area contributed by atoms with Crippen molar-refractivity contribution in [2.24, 2.45) is 5.73 Å². The number of anilines is 1. The first-order valence-electron chi connectivity index (χ1n) is 9.53. The van der Waals surface area contributed by atoms with E-state index in [-0.39, 0.29) is 0 Å². The molecule has 2 heterocycles. The van der Waals surface area contributed by atoms with E-state index in [4.69, 9.17) is 20.6 Å². The molecule has 0 radical (unpaired) electrons. The maximum absolute atomic E-state index is 12.4. The van der Waals surface area contributed by atoms with Gasteiger partial charge in [-0.3, -0.25) is 4.79 Å². The number of hydrogen-bond acceptors (Lipinski definition) is 5. The normalized spacial score (nSPS) is 15.6. The average molecular weight is 389 g/mol. The highest BCUT2D eigenvalue weighted by Crippen LogP contribution is 2.39. The van der Waals surface area contributed by atoms with Gasteiger partial charge in [-0.25, -0.2) is 4.68 Å². The number of fused-ring (bicyclic) bond motifs is 1. The molecule has 1 atom stereocenters. The van der Waals surface area contributed by atoms with Crippen LogP contribution in [-0.2, 0) is 4.79 Å². The van der Waals surface area contributed by atoms with Gasteiger partial charge in [-0.1, -0.05) is 42.5 Å². The van der Waals surface area contributed by atoms with E-state index in [1.165, 1.54) is 0 Å². The van der Waals surface area contributed by atoms with E-state index in [0.717, 1.165) is 16.7 Å². The number of allylic oxidation sites excluding steroid dienone is 1. The van der Waals surface area contributed by atoms with Crippen molar-refractivity contribution in [2.75, 3.05) is 11.9 Å². The molecule has 7 nitrogen and oxygen atoms in total. The number of para-hydroxylation sites is 1. The second-order valence-electron chi connectivity index (χ2n) is 6.92. The standard InChI is InChI=1S/C22H23N5O2/c1-4-29-17-12-8-7-11-16(17)19-18(20(23)28)14(3)24-22-25-21(26-27(19)22)15-10-6-5-9-13(15)2/h5-12,19H,4H2,1-3H3,(H2,23,28)(H,24,25,26). The molecule has 29 heavy (non-hydrogen) atoms. The van der Waals surface area contributed by atoms with Gasteiger partial charge in [0.15, 0.2) is 5.82 Å². The minimum atomic E-state index is -0.531. The number of nitrogens with zero attached hydrogens (tertiary/aromatic N) is 3. The molecule has 4 rings (SSSR count). The third-order valence-electron chi connectivity index (χ3n) is 5.02. The van der Waals surface area contributed by atoms with Crippen molar-refractivity contribution in [2.45, 2.75) is 26.8 Å². The molecule has 1 aromatic heterocycles. The molecule has 1 amide bonds. The Bertz CT molecular complexity index is 1120. The van der Waals surface area contributed by atoms with Crippen LogP contribution >= 0.6 is 0 Å². The Labute approximate surface area is 169 Å². The summed E-state index contributed by atoms with van der Waals surface area (Å²) in [7, 11) is 0. The van der Waals surface area contributed by atoms with Crippen molar-refractivity contribution in [3.05, 3.63) is 70.9 Å². The van der Waals surface area contributed by atoms with Gasteiger partial charge in [0, 0.05) is 16.8 Å². The van der Waals surface area contributed by atoms with Crippen LogP contribution in [0.1, 0.15) is 31.0 Å². The smallest absolute Gasteiger partial charge is 0.248 e. The van der Waals surface area contributed by atoms with E-state index in [2.05, 4.69) is 5.32 Å². The molecule has 0 bridgehead atoms. The highest BCUT2D eigenvalue weighted by atomic mass is 16.5. The van der Waals surface area contributed by atoms with Gasteiger partial charge in [0.25, 0.3) is 0 Å². The number of carbonyl (C=O) groups excluding carboxylic acids is 1. The Hall–Kier alpha value is -3.61. The van der Waals surface area contributed by atoms with Crippen molar-refractivity contribution in [3.8, 4) is 17.1 Å². The molecule has 7 heteroatoms. The van der Waals surface area contributed by atoms with E-state index >= 15 is 0 Å². The van der Waals surface area contributed by atoms with Gasteiger partial charge in [-0.2, -0.15) is 4.98 Å². The van der Waals surface area contributed by atoms with Crippen LogP contribution in [0.3, 0.4) is 0 Å². The number of amides is 1. The van der Waals surface area contributed by atoms with Gasteiger partial charge in [0.05, 0.1) is 12.2 Å². The summed E-state index contributed by atoms with van der Waals surface area (Å²) in [6.45, 7) is 6.27. The fourth-order valence-electron chi connectivity index (χ4n) is 3.69. The number of primary amides is 1. The summed E-state index contributed by atoms with van der Waals surface area (Å²) in [6.07, 6.45) is 0. The number of aromatic nitrogens is 3. The zero-order valence-corrected chi connectivity index (χ0v) is 16.6. The zero-order chi connectivity index (χ0) is 20.5. The van der Waals surface area contributed by atoms with Gasteiger partial charge in [-0.05, 0) is 32.4 Å². The lowest BCUT2D eigenvalue weighted by Crippen LogP contribution is -2.32. The first-order valence-corrected chi connectivity index (χ1v) is 9.53. The summed E-state index contributed by atoms with van der Waals surface area (Å²) in [6, 6.07) is 15.0. The second-order valence-corrected chi connectivity index (χ2v) is 6.92.